The Morgan fingerprint density at radius 3 is 2.76 bits per heavy atom. The van der Waals surface area contributed by atoms with Gasteiger partial charge in [0.15, 0.2) is 0 Å². The second-order valence-corrected chi connectivity index (χ2v) is 5.09. The van der Waals surface area contributed by atoms with Crippen molar-refractivity contribution in [2.24, 2.45) is 0 Å². The second-order valence-electron chi connectivity index (χ2n) is 4.24. The predicted molar refractivity (Wildman–Crippen MR) is 81.0 cm³/mol. The highest BCUT2D eigenvalue weighted by Crippen LogP contribution is 2.25. The highest BCUT2D eigenvalue weighted by Gasteiger charge is 2.10. The van der Waals surface area contributed by atoms with E-state index in [1.807, 2.05) is 6.07 Å². The van der Waals surface area contributed by atoms with Crippen LogP contribution < -0.4 is 4.74 Å². The third kappa shape index (κ3) is 3.83. The molecule has 0 atom stereocenters. The first-order chi connectivity index (χ1) is 10.1. The van der Waals surface area contributed by atoms with Crippen molar-refractivity contribution >= 4 is 21.9 Å². The maximum Gasteiger partial charge on any atom is 0.338 e. The Morgan fingerprint density at radius 1 is 1.29 bits per heavy atom. The summed E-state index contributed by atoms with van der Waals surface area (Å²) in [7, 11) is 1.56. The molecular formula is C16H12BrNO3. The van der Waals surface area contributed by atoms with Crippen LogP contribution >= 0.6 is 15.9 Å². The van der Waals surface area contributed by atoms with Crippen LogP contribution in [0.5, 0.6) is 5.75 Å². The van der Waals surface area contributed by atoms with E-state index in [2.05, 4.69) is 15.9 Å². The van der Waals surface area contributed by atoms with Gasteiger partial charge >= 0.3 is 5.97 Å². The van der Waals surface area contributed by atoms with E-state index in [-0.39, 0.29) is 6.61 Å². The topological polar surface area (TPSA) is 59.3 Å². The number of methoxy groups -OCH3 is 1. The van der Waals surface area contributed by atoms with Crippen LogP contribution in [0, 0.1) is 11.3 Å². The lowest BCUT2D eigenvalue weighted by Gasteiger charge is -2.07. The van der Waals surface area contributed by atoms with Crippen molar-refractivity contribution in [2.75, 3.05) is 7.11 Å². The minimum absolute atomic E-state index is 0.123. The van der Waals surface area contributed by atoms with Crippen LogP contribution in [-0.2, 0) is 11.3 Å². The Balaban J connectivity index is 2.04. The zero-order valence-corrected chi connectivity index (χ0v) is 12.9. The Hall–Kier alpha value is -2.32. The fraction of sp³-hybridized carbons (Fsp3) is 0.125. The van der Waals surface area contributed by atoms with Crippen molar-refractivity contribution in [3.63, 3.8) is 0 Å². The Labute approximate surface area is 131 Å². The molecule has 21 heavy (non-hydrogen) atoms. The molecule has 0 N–H and O–H groups in total. The minimum Gasteiger partial charge on any atom is -0.496 e. The lowest BCUT2D eigenvalue weighted by atomic mass is 10.1. The summed E-state index contributed by atoms with van der Waals surface area (Å²) in [6.07, 6.45) is 0. The Kier molecular flexibility index (Phi) is 4.96. The molecule has 0 saturated heterocycles. The van der Waals surface area contributed by atoms with Gasteiger partial charge in [-0.3, -0.25) is 0 Å². The normalized spacial score (nSPS) is 9.76. The van der Waals surface area contributed by atoms with Crippen molar-refractivity contribution in [3.05, 3.63) is 63.6 Å². The van der Waals surface area contributed by atoms with Crippen LogP contribution in [-0.4, -0.2) is 13.1 Å². The van der Waals surface area contributed by atoms with Gasteiger partial charge in [-0.2, -0.15) is 5.26 Å². The molecule has 2 rings (SSSR count). The molecule has 5 heteroatoms. The molecule has 0 aliphatic rings. The number of carbonyl (C=O) groups excluding carboxylic acids is 1. The monoisotopic (exact) mass is 345 g/mol. The molecule has 0 saturated carbocycles. The lowest BCUT2D eigenvalue weighted by Crippen LogP contribution is -2.05. The first kappa shape index (κ1) is 15.1. The summed E-state index contributed by atoms with van der Waals surface area (Å²) in [6, 6.07) is 14.0. The van der Waals surface area contributed by atoms with Crippen LogP contribution in [0.1, 0.15) is 21.5 Å². The SMILES string of the molecule is COc1ccc(C(=O)OCc2cccc(C#N)c2)cc1Br. The number of carbonyl (C=O) groups is 1. The predicted octanol–water partition coefficient (Wildman–Crippen LogP) is 3.69. The number of nitrogens with zero attached hydrogens (tertiary/aromatic N) is 1. The first-order valence-corrected chi connectivity index (χ1v) is 6.93. The Morgan fingerprint density at radius 2 is 2.10 bits per heavy atom. The summed E-state index contributed by atoms with van der Waals surface area (Å²) in [5, 5.41) is 8.82. The van der Waals surface area contributed by atoms with Gasteiger partial charge < -0.3 is 9.47 Å². The van der Waals surface area contributed by atoms with E-state index in [9.17, 15) is 4.79 Å². The van der Waals surface area contributed by atoms with Gasteiger partial charge in [0.1, 0.15) is 12.4 Å². The summed E-state index contributed by atoms with van der Waals surface area (Å²) in [5.41, 5.74) is 1.74. The Bertz CT molecular complexity index is 707. The number of nitriles is 1. The molecule has 106 valence electrons. The van der Waals surface area contributed by atoms with E-state index in [1.165, 1.54) is 0 Å². The van der Waals surface area contributed by atoms with Crippen LogP contribution in [0.15, 0.2) is 46.9 Å². The molecule has 0 fully saturated rings. The number of halogens is 1. The number of rotatable bonds is 4. The molecule has 4 nitrogen and oxygen atoms in total. The van der Waals surface area contributed by atoms with Crippen molar-refractivity contribution in [1.82, 2.24) is 0 Å². The number of hydrogen-bond acceptors (Lipinski definition) is 4. The van der Waals surface area contributed by atoms with Crippen LogP contribution in [0.2, 0.25) is 0 Å². The summed E-state index contributed by atoms with van der Waals surface area (Å²) < 4.78 is 11.0. The van der Waals surface area contributed by atoms with Crippen molar-refractivity contribution in [2.45, 2.75) is 6.61 Å². The summed E-state index contributed by atoms with van der Waals surface area (Å²) in [6.45, 7) is 0.123. The smallest absolute Gasteiger partial charge is 0.338 e. The van der Waals surface area contributed by atoms with E-state index >= 15 is 0 Å². The maximum absolute atomic E-state index is 12.0. The number of hydrogen-bond donors (Lipinski definition) is 0. The quantitative estimate of drug-likeness (QED) is 0.793. The van der Waals surface area contributed by atoms with Gasteiger partial charge in [-0.1, -0.05) is 12.1 Å². The van der Waals surface area contributed by atoms with Gasteiger partial charge in [0.2, 0.25) is 0 Å². The van der Waals surface area contributed by atoms with E-state index in [0.29, 0.717) is 21.3 Å². The van der Waals surface area contributed by atoms with Crippen molar-refractivity contribution in [1.29, 1.82) is 5.26 Å². The van der Waals surface area contributed by atoms with E-state index < -0.39 is 5.97 Å². The number of esters is 1. The molecule has 0 aromatic heterocycles. The molecule has 0 amide bonds. The zero-order chi connectivity index (χ0) is 15.2. The number of ether oxygens (including phenoxy) is 2. The average Bonchev–Trinajstić information content (AvgIpc) is 2.52. The van der Waals surface area contributed by atoms with Crippen LogP contribution in [0.4, 0.5) is 0 Å². The summed E-state index contributed by atoms with van der Waals surface area (Å²) >= 11 is 3.32. The molecule has 0 unspecified atom stereocenters. The standard InChI is InChI=1S/C16H12BrNO3/c1-20-15-6-5-13(8-14(15)17)16(19)21-10-12-4-2-3-11(7-12)9-18/h2-8H,10H2,1H3. The minimum atomic E-state index is -0.430. The van der Waals surface area contributed by atoms with E-state index in [4.69, 9.17) is 14.7 Å². The fourth-order valence-electron chi connectivity index (χ4n) is 1.76. The zero-order valence-electron chi connectivity index (χ0n) is 11.3. The number of benzene rings is 2. The van der Waals surface area contributed by atoms with E-state index in [1.54, 1.807) is 49.6 Å². The summed E-state index contributed by atoms with van der Waals surface area (Å²) in [5.74, 6) is 0.217. The van der Waals surface area contributed by atoms with Gasteiger partial charge in [-0.15, -0.1) is 0 Å². The molecule has 0 spiro atoms. The summed E-state index contributed by atoms with van der Waals surface area (Å²) in [4.78, 5) is 12.0. The van der Waals surface area contributed by atoms with Crippen molar-refractivity contribution in [3.8, 4) is 11.8 Å². The average molecular weight is 346 g/mol. The second kappa shape index (κ2) is 6.91. The van der Waals surface area contributed by atoms with Crippen molar-refractivity contribution < 1.29 is 14.3 Å². The van der Waals surface area contributed by atoms with Gasteiger partial charge in [-0.25, -0.2) is 4.79 Å². The van der Waals surface area contributed by atoms with E-state index in [0.717, 1.165) is 5.56 Å². The molecule has 0 radical (unpaired) electrons. The molecule has 2 aromatic carbocycles. The van der Waals surface area contributed by atoms with Crippen LogP contribution in [0.3, 0.4) is 0 Å². The fourth-order valence-corrected chi connectivity index (χ4v) is 2.30. The lowest BCUT2D eigenvalue weighted by molar-refractivity contribution is 0.0472. The van der Waals surface area contributed by atoms with Gasteiger partial charge in [0.05, 0.1) is 28.8 Å². The molecule has 0 aliphatic carbocycles. The third-order valence-corrected chi connectivity index (χ3v) is 3.43. The van der Waals surface area contributed by atoms with Gasteiger partial charge in [-0.05, 0) is 51.8 Å². The largest absolute Gasteiger partial charge is 0.496 e. The van der Waals surface area contributed by atoms with Gasteiger partial charge in [0, 0.05) is 0 Å². The third-order valence-electron chi connectivity index (χ3n) is 2.81. The van der Waals surface area contributed by atoms with Gasteiger partial charge in [0.25, 0.3) is 0 Å². The molecular weight excluding hydrogens is 334 g/mol. The highest BCUT2D eigenvalue weighted by atomic mass is 79.9. The highest BCUT2D eigenvalue weighted by molar-refractivity contribution is 9.10. The molecule has 0 heterocycles. The molecule has 2 aromatic rings. The maximum atomic E-state index is 12.0. The molecule has 0 aliphatic heterocycles. The molecule has 0 bridgehead atoms. The first-order valence-electron chi connectivity index (χ1n) is 6.13. The van der Waals surface area contributed by atoms with Crippen LogP contribution in [0.25, 0.3) is 0 Å².